The van der Waals surface area contributed by atoms with Gasteiger partial charge in [-0.2, -0.15) is 8.42 Å². The fourth-order valence-corrected chi connectivity index (χ4v) is 1.82. The fourth-order valence-electron chi connectivity index (χ4n) is 0.929. The third-order valence-corrected chi connectivity index (χ3v) is 2.87. The molecule has 0 aliphatic rings. The predicted octanol–water partition coefficient (Wildman–Crippen LogP) is -0.653. The van der Waals surface area contributed by atoms with Crippen LogP contribution in [0.4, 0.5) is 0 Å². The van der Waals surface area contributed by atoms with E-state index in [0.29, 0.717) is 32.4 Å². The van der Waals surface area contributed by atoms with Crippen molar-refractivity contribution in [3.05, 3.63) is 0 Å². The van der Waals surface area contributed by atoms with E-state index in [1.807, 2.05) is 0 Å². The Bertz CT molecular complexity index is 289. The van der Waals surface area contributed by atoms with E-state index in [4.69, 9.17) is 10.9 Å². The molecule has 0 bridgehead atoms. The van der Waals surface area contributed by atoms with Crippen LogP contribution in [0.1, 0.15) is 26.2 Å². The van der Waals surface area contributed by atoms with Gasteiger partial charge in [0.05, 0.1) is 0 Å². The van der Waals surface area contributed by atoms with Gasteiger partial charge in [-0.1, -0.05) is 12.1 Å². The summed E-state index contributed by atoms with van der Waals surface area (Å²) in [5.41, 5.74) is 5.24. The lowest BCUT2D eigenvalue weighted by atomic mass is 10.2. The Hall–Kier alpha value is -0.860. The average molecular weight is 238 g/mol. The minimum Gasteiger partial charge on any atom is -0.409 e. The van der Waals surface area contributed by atoms with Crippen molar-refractivity contribution in [3.8, 4) is 0 Å². The topological polar surface area (TPSA) is 117 Å². The van der Waals surface area contributed by atoms with Gasteiger partial charge in [-0.15, -0.1) is 0 Å². The molecule has 0 atom stereocenters. The highest BCUT2D eigenvalue weighted by molar-refractivity contribution is 7.87. The van der Waals surface area contributed by atoms with Crippen LogP contribution in [0.25, 0.3) is 0 Å². The van der Waals surface area contributed by atoms with Crippen LogP contribution in [0.15, 0.2) is 5.16 Å². The summed E-state index contributed by atoms with van der Waals surface area (Å²) in [6.07, 6.45) is 1.77. The Balaban J connectivity index is 3.55. The highest BCUT2D eigenvalue weighted by Gasteiger charge is 2.05. The number of nitrogens with two attached hydrogens (primary N) is 1. The van der Waals surface area contributed by atoms with Crippen molar-refractivity contribution in [2.24, 2.45) is 10.9 Å². The van der Waals surface area contributed by atoms with Gasteiger partial charge in [0.25, 0.3) is 10.2 Å². The molecule has 5 N–H and O–H groups in total. The van der Waals surface area contributed by atoms with E-state index in [-0.39, 0.29) is 5.84 Å². The predicted molar refractivity (Wildman–Crippen MR) is 57.9 cm³/mol. The molecule has 7 nitrogen and oxygen atoms in total. The first-order valence-electron chi connectivity index (χ1n) is 4.72. The van der Waals surface area contributed by atoms with Gasteiger partial charge in [0.1, 0.15) is 5.84 Å². The molecule has 0 saturated heterocycles. The van der Waals surface area contributed by atoms with E-state index in [1.54, 1.807) is 6.92 Å². The summed E-state index contributed by atoms with van der Waals surface area (Å²) in [7, 11) is -3.35. The first-order valence-corrected chi connectivity index (χ1v) is 6.20. The number of hydrogen-bond acceptors (Lipinski definition) is 4. The van der Waals surface area contributed by atoms with Gasteiger partial charge >= 0.3 is 0 Å². The quantitative estimate of drug-likeness (QED) is 0.148. The van der Waals surface area contributed by atoms with Crippen molar-refractivity contribution in [2.45, 2.75) is 26.2 Å². The molecule has 0 radical (unpaired) electrons. The number of oxime groups is 1. The molecule has 0 unspecified atom stereocenters. The molecule has 15 heavy (non-hydrogen) atoms. The standard InChI is InChI=1S/C7H18N4O3S/c1-2-9-15(13,14)10-6-4-3-5-7(8)11-12/h9-10,12H,2-6H2,1H3,(H2,8,11). The van der Waals surface area contributed by atoms with E-state index < -0.39 is 10.2 Å². The summed E-state index contributed by atoms with van der Waals surface area (Å²) >= 11 is 0. The van der Waals surface area contributed by atoms with E-state index >= 15 is 0 Å². The lowest BCUT2D eigenvalue weighted by molar-refractivity contribution is 0.316. The van der Waals surface area contributed by atoms with Gasteiger partial charge in [-0.25, -0.2) is 9.44 Å². The number of rotatable bonds is 8. The summed E-state index contributed by atoms with van der Waals surface area (Å²) in [6.45, 7) is 2.41. The molecule has 0 fully saturated rings. The molecule has 0 heterocycles. The second-order valence-corrected chi connectivity index (χ2v) is 4.53. The van der Waals surface area contributed by atoms with Crippen molar-refractivity contribution in [2.75, 3.05) is 13.1 Å². The second kappa shape index (κ2) is 7.43. The number of nitrogens with one attached hydrogen (secondary N) is 2. The van der Waals surface area contributed by atoms with Gasteiger partial charge in [-0.3, -0.25) is 0 Å². The van der Waals surface area contributed by atoms with Gasteiger partial charge in [-0.05, 0) is 12.8 Å². The Morgan fingerprint density at radius 1 is 1.40 bits per heavy atom. The monoisotopic (exact) mass is 238 g/mol. The van der Waals surface area contributed by atoms with Gasteiger partial charge in [0.2, 0.25) is 0 Å². The average Bonchev–Trinajstić information content (AvgIpc) is 2.16. The molecule has 0 aliphatic heterocycles. The molecule has 0 aromatic heterocycles. The lowest BCUT2D eigenvalue weighted by Gasteiger charge is -2.05. The molecular formula is C7H18N4O3S. The highest BCUT2D eigenvalue weighted by Crippen LogP contribution is 1.94. The Morgan fingerprint density at radius 2 is 2.07 bits per heavy atom. The number of hydrogen-bond donors (Lipinski definition) is 4. The largest absolute Gasteiger partial charge is 0.409 e. The van der Waals surface area contributed by atoms with Crippen LogP contribution in [0.3, 0.4) is 0 Å². The smallest absolute Gasteiger partial charge is 0.276 e. The third kappa shape index (κ3) is 8.16. The summed E-state index contributed by atoms with van der Waals surface area (Å²) in [5.74, 6) is 0.157. The van der Waals surface area contributed by atoms with Crippen LogP contribution in [0.2, 0.25) is 0 Å². The third-order valence-electron chi connectivity index (χ3n) is 1.61. The minimum absolute atomic E-state index is 0.157. The highest BCUT2D eigenvalue weighted by atomic mass is 32.2. The van der Waals surface area contributed by atoms with E-state index in [9.17, 15) is 8.42 Å². The molecule has 0 aliphatic carbocycles. The van der Waals surface area contributed by atoms with Crippen molar-refractivity contribution in [3.63, 3.8) is 0 Å². The molecule has 90 valence electrons. The minimum atomic E-state index is -3.35. The SMILES string of the molecule is CCNS(=O)(=O)NCCCCC(N)=NO. The summed E-state index contributed by atoms with van der Waals surface area (Å²) in [4.78, 5) is 0. The van der Waals surface area contributed by atoms with Crippen molar-refractivity contribution in [1.29, 1.82) is 0 Å². The first kappa shape index (κ1) is 14.1. The van der Waals surface area contributed by atoms with Gasteiger partial charge in [0, 0.05) is 19.5 Å². The maximum atomic E-state index is 11.1. The fraction of sp³-hybridized carbons (Fsp3) is 0.857. The molecule has 0 saturated carbocycles. The normalized spacial score (nSPS) is 13.0. The Morgan fingerprint density at radius 3 is 2.60 bits per heavy atom. The molecule has 8 heteroatoms. The zero-order valence-corrected chi connectivity index (χ0v) is 9.55. The summed E-state index contributed by atoms with van der Waals surface area (Å²) in [5, 5.41) is 11.0. The molecule has 0 aromatic carbocycles. The number of amidine groups is 1. The Kier molecular flexibility index (Phi) is 7.01. The van der Waals surface area contributed by atoms with Crippen LogP contribution in [0, 0.1) is 0 Å². The van der Waals surface area contributed by atoms with Crippen LogP contribution in [-0.2, 0) is 10.2 Å². The van der Waals surface area contributed by atoms with Crippen LogP contribution < -0.4 is 15.2 Å². The molecular weight excluding hydrogens is 220 g/mol. The van der Waals surface area contributed by atoms with E-state index in [0.717, 1.165) is 0 Å². The van der Waals surface area contributed by atoms with Crippen LogP contribution in [0.5, 0.6) is 0 Å². The maximum Gasteiger partial charge on any atom is 0.276 e. The lowest BCUT2D eigenvalue weighted by Crippen LogP contribution is -2.36. The second-order valence-electron chi connectivity index (χ2n) is 2.94. The Labute approximate surface area is 89.9 Å². The molecule has 0 amide bonds. The van der Waals surface area contributed by atoms with Crippen LogP contribution in [-0.4, -0.2) is 32.6 Å². The zero-order valence-electron chi connectivity index (χ0n) is 8.73. The van der Waals surface area contributed by atoms with E-state index in [2.05, 4.69) is 14.6 Å². The van der Waals surface area contributed by atoms with Crippen LogP contribution >= 0.6 is 0 Å². The number of nitrogens with zero attached hydrogens (tertiary/aromatic N) is 1. The molecule has 0 rings (SSSR count). The summed E-state index contributed by atoms with van der Waals surface area (Å²) < 4.78 is 26.8. The maximum absolute atomic E-state index is 11.1. The van der Waals surface area contributed by atoms with Crippen molar-refractivity contribution < 1.29 is 13.6 Å². The van der Waals surface area contributed by atoms with Gasteiger partial charge in [0.15, 0.2) is 0 Å². The number of unbranched alkanes of at least 4 members (excludes halogenated alkanes) is 1. The van der Waals surface area contributed by atoms with Crippen molar-refractivity contribution in [1.82, 2.24) is 9.44 Å². The zero-order chi connectivity index (χ0) is 11.7. The van der Waals surface area contributed by atoms with E-state index in [1.165, 1.54) is 0 Å². The first-order chi connectivity index (χ1) is 7.02. The summed E-state index contributed by atoms with van der Waals surface area (Å²) in [6, 6.07) is 0. The van der Waals surface area contributed by atoms with Gasteiger partial charge < -0.3 is 10.9 Å². The molecule has 0 spiro atoms. The molecule has 0 aromatic rings. The van der Waals surface area contributed by atoms with Crippen molar-refractivity contribution >= 4 is 16.0 Å².